The van der Waals surface area contributed by atoms with Crippen LogP contribution in [0.15, 0.2) is 58.3 Å². The van der Waals surface area contributed by atoms with E-state index in [0.29, 0.717) is 0 Å². The van der Waals surface area contributed by atoms with Crippen LogP contribution in [0.3, 0.4) is 0 Å². The molecule has 0 N–H and O–H groups in total. The molecule has 0 fully saturated rings. The molecule has 0 heterocycles. The van der Waals surface area contributed by atoms with Crippen LogP contribution in [0.1, 0.15) is 18.9 Å². The van der Waals surface area contributed by atoms with Gasteiger partial charge in [0.05, 0.1) is 0 Å². The van der Waals surface area contributed by atoms with Crippen molar-refractivity contribution in [3.05, 3.63) is 59.1 Å². The first-order chi connectivity index (χ1) is 8.29. The first-order valence-electron chi connectivity index (χ1n) is 5.81. The maximum Gasteiger partial charge on any atom is 0.0406 e. The topological polar surface area (TPSA) is 0 Å². The Labute approximate surface area is 112 Å². The molecule has 2 aromatic rings. The van der Waals surface area contributed by atoms with E-state index >= 15 is 0 Å². The molecule has 0 spiro atoms. The van der Waals surface area contributed by atoms with Crippen LogP contribution in [0.5, 0.6) is 0 Å². The zero-order chi connectivity index (χ0) is 12.1. The van der Waals surface area contributed by atoms with Crippen LogP contribution < -0.4 is 0 Å². The summed E-state index contributed by atoms with van der Waals surface area (Å²) < 4.78 is 0. The first kappa shape index (κ1) is 12.5. The molecule has 0 aromatic heterocycles. The second kappa shape index (κ2) is 6.13. The summed E-state index contributed by atoms with van der Waals surface area (Å²) in [6.45, 7) is 2.21. The fourth-order valence-corrected chi connectivity index (χ4v) is 2.81. The highest BCUT2D eigenvalue weighted by Crippen LogP contribution is 2.31. The first-order valence-corrected chi connectivity index (χ1v) is 7.00. The van der Waals surface area contributed by atoms with Gasteiger partial charge in [-0.2, -0.15) is 0 Å². The van der Waals surface area contributed by atoms with E-state index in [1.807, 2.05) is 12.1 Å². The van der Waals surface area contributed by atoms with Crippen molar-refractivity contribution < 1.29 is 0 Å². The van der Waals surface area contributed by atoms with E-state index in [-0.39, 0.29) is 0 Å². The van der Waals surface area contributed by atoms with Gasteiger partial charge in [0.2, 0.25) is 0 Å². The minimum absolute atomic E-state index is 0.788. The summed E-state index contributed by atoms with van der Waals surface area (Å²) in [5.41, 5.74) is 1.43. The number of hydrogen-bond acceptors (Lipinski definition) is 1. The number of hydrogen-bond donors (Lipinski definition) is 0. The standard InChI is InChI=1S/C15H15ClS/c1-2-5-12-6-3-4-7-15(12)17-14-10-8-13(16)9-11-14/h3-4,6-11H,2,5H2,1H3. The van der Waals surface area contributed by atoms with Gasteiger partial charge in [-0.3, -0.25) is 0 Å². The van der Waals surface area contributed by atoms with Crippen LogP contribution in [-0.2, 0) is 6.42 Å². The normalized spacial score (nSPS) is 10.5. The Balaban J connectivity index is 2.20. The predicted octanol–water partition coefficient (Wildman–Crippen LogP) is 5.44. The summed E-state index contributed by atoms with van der Waals surface area (Å²) in [5, 5.41) is 0.788. The molecule has 88 valence electrons. The number of benzene rings is 2. The molecule has 0 saturated heterocycles. The summed E-state index contributed by atoms with van der Waals surface area (Å²) in [6, 6.07) is 16.6. The van der Waals surface area contributed by atoms with Crippen molar-refractivity contribution >= 4 is 23.4 Å². The van der Waals surface area contributed by atoms with Gasteiger partial charge in [-0.1, -0.05) is 54.9 Å². The summed E-state index contributed by atoms with van der Waals surface area (Å²) in [4.78, 5) is 2.58. The number of halogens is 1. The molecule has 0 aliphatic rings. The van der Waals surface area contributed by atoms with Gasteiger partial charge in [0.25, 0.3) is 0 Å². The van der Waals surface area contributed by atoms with Gasteiger partial charge < -0.3 is 0 Å². The zero-order valence-corrected chi connectivity index (χ0v) is 11.4. The van der Waals surface area contributed by atoms with E-state index in [1.54, 1.807) is 11.8 Å². The van der Waals surface area contributed by atoms with E-state index in [0.717, 1.165) is 11.4 Å². The Morgan fingerprint density at radius 2 is 1.71 bits per heavy atom. The highest BCUT2D eigenvalue weighted by molar-refractivity contribution is 7.99. The van der Waals surface area contributed by atoms with Crippen molar-refractivity contribution in [2.75, 3.05) is 0 Å². The molecule has 0 atom stereocenters. The molecule has 0 nitrogen and oxygen atoms in total. The summed E-state index contributed by atoms with van der Waals surface area (Å²) in [6.07, 6.45) is 2.31. The largest absolute Gasteiger partial charge is 0.0898 e. The number of rotatable bonds is 4. The fraction of sp³-hybridized carbons (Fsp3) is 0.200. The maximum atomic E-state index is 5.89. The Morgan fingerprint density at radius 1 is 1.00 bits per heavy atom. The third kappa shape index (κ3) is 3.52. The van der Waals surface area contributed by atoms with Gasteiger partial charge in [-0.15, -0.1) is 0 Å². The summed E-state index contributed by atoms with van der Waals surface area (Å²) in [7, 11) is 0. The molecule has 2 rings (SSSR count). The average molecular weight is 263 g/mol. The van der Waals surface area contributed by atoms with Gasteiger partial charge in [0.1, 0.15) is 0 Å². The van der Waals surface area contributed by atoms with Crippen molar-refractivity contribution in [3.8, 4) is 0 Å². The third-order valence-electron chi connectivity index (χ3n) is 2.53. The lowest BCUT2D eigenvalue weighted by atomic mass is 10.1. The van der Waals surface area contributed by atoms with Gasteiger partial charge >= 0.3 is 0 Å². The lowest BCUT2D eigenvalue weighted by Gasteiger charge is -2.08. The molecule has 2 heteroatoms. The lowest BCUT2D eigenvalue weighted by molar-refractivity contribution is 0.901. The molecule has 0 amide bonds. The monoisotopic (exact) mass is 262 g/mol. The molecule has 17 heavy (non-hydrogen) atoms. The van der Waals surface area contributed by atoms with Crippen LogP contribution in [0.25, 0.3) is 0 Å². The van der Waals surface area contributed by atoms with E-state index in [9.17, 15) is 0 Å². The summed E-state index contributed by atoms with van der Waals surface area (Å²) in [5.74, 6) is 0. The molecule has 0 radical (unpaired) electrons. The van der Waals surface area contributed by atoms with E-state index in [2.05, 4.69) is 43.3 Å². The minimum Gasteiger partial charge on any atom is -0.0898 e. The van der Waals surface area contributed by atoms with Crippen LogP contribution in [-0.4, -0.2) is 0 Å². The Bertz CT molecular complexity index is 477. The second-order valence-electron chi connectivity index (χ2n) is 3.91. The highest BCUT2D eigenvalue weighted by Gasteiger charge is 2.03. The van der Waals surface area contributed by atoms with Gasteiger partial charge in [0, 0.05) is 14.8 Å². The molecule has 0 unspecified atom stereocenters. The third-order valence-corrected chi connectivity index (χ3v) is 3.91. The van der Waals surface area contributed by atoms with Crippen LogP contribution in [0, 0.1) is 0 Å². The predicted molar refractivity (Wildman–Crippen MR) is 76.0 cm³/mol. The molecular weight excluding hydrogens is 248 g/mol. The van der Waals surface area contributed by atoms with Crippen molar-refractivity contribution in [1.29, 1.82) is 0 Å². The highest BCUT2D eigenvalue weighted by atomic mass is 35.5. The average Bonchev–Trinajstić information content (AvgIpc) is 2.35. The SMILES string of the molecule is CCCc1ccccc1Sc1ccc(Cl)cc1. The van der Waals surface area contributed by atoms with Gasteiger partial charge in [-0.25, -0.2) is 0 Å². The van der Waals surface area contributed by atoms with Crippen molar-refractivity contribution in [2.24, 2.45) is 0 Å². The van der Waals surface area contributed by atoms with Crippen LogP contribution >= 0.6 is 23.4 Å². The zero-order valence-electron chi connectivity index (χ0n) is 9.82. The number of aryl methyl sites for hydroxylation is 1. The summed E-state index contributed by atoms with van der Waals surface area (Å²) >= 11 is 7.69. The Kier molecular flexibility index (Phi) is 4.52. The van der Waals surface area contributed by atoms with Crippen LogP contribution in [0.2, 0.25) is 5.02 Å². The van der Waals surface area contributed by atoms with E-state index in [4.69, 9.17) is 11.6 Å². The van der Waals surface area contributed by atoms with Crippen molar-refractivity contribution in [3.63, 3.8) is 0 Å². The molecule has 0 aliphatic carbocycles. The van der Waals surface area contributed by atoms with Crippen molar-refractivity contribution in [2.45, 2.75) is 29.6 Å². The lowest BCUT2D eigenvalue weighted by Crippen LogP contribution is -1.86. The molecule has 0 saturated carbocycles. The van der Waals surface area contributed by atoms with Gasteiger partial charge in [0.15, 0.2) is 0 Å². The Morgan fingerprint density at radius 3 is 2.41 bits per heavy atom. The minimum atomic E-state index is 0.788. The van der Waals surface area contributed by atoms with E-state index in [1.165, 1.54) is 21.8 Å². The molecular formula is C15H15ClS. The van der Waals surface area contributed by atoms with Crippen LogP contribution in [0.4, 0.5) is 0 Å². The molecule has 2 aromatic carbocycles. The molecule has 0 bridgehead atoms. The maximum absolute atomic E-state index is 5.89. The van der Waals surface area contributed by atoms with E-state index < -0.39 is 0 Å². The smallest absolute Gasteiger partial charge is 0.0406 e. The quantitative estimate of drug-likeness (QED) is 0.707. The molecule has 0 aliphatic heterocycles. The second-order valence-corrected chi connectivity index (χ2v) is 5.47. The fourth-order valence-electron chi connectivity index (χ4n) is 1.71. The Hall–Kier alpha value is -0.920. The van der Waals surface area contributed by atoms with Gasteiger partial charge in [-0.05, 0) is 42.3 Å². The van der Waals surface area contributed by atoms with Crippen molar-refractivity contribution in [1.82, 2.24) is 0 Å².